The molecule has 6 heteroatoms. The van der Waals surface area contributed by atoms with E-state index < -0.39 is 17.8 Å². The number of ether oxygens (including phenoxy) is 3. The summed E-state index contributed by atoms with van der Waals surface area (Å²) in [6.07, 6.45) is 0.436. The Bertz CT molecular complexity index is 800. The number of hydrogen-bond donors (Lipinski definition) is 0. The molecule has 1 fully saturated rings. The fourth-order valence-electron chi connectivity index (χ4n) is 3.76. The second-order valence-electron chi connectivity index (χ2n) is 7.48. The molecule has 30 heavy (non-hydrogen) atoms. The van der Waals surface area contributed by atoms with Crippen molar-refractivity contribution in [2.24, 2.45) is 0 Å². The van der Waals surface area contributed by atoms with Gasteiger partial charge in [0.25, 0.3) is 6.43 Å². The van der Waals surface area contributed by atoms with Crippen LogP contribution in [0.1, 0.15) is 74.7 Å². The molecule has 0 radical (unpaired) electrons. The van der Waals surface area contributed by atoms with E-state index in [0.29, 0.717) is 19.4 Å². The van der Waals surface area contributed by atoms with E-state index in [1.165, 1.54) is 6.07 Å². The minimum absolute atomic E-state index is 0.0914. The topological polar surface area (TPSA) is 27.7 Å². The molecule has 0 bridgehead atoms. The number of unbranched alkanes of at least 4 members (excludes halogenated alkanes) is 1. The third-order valence-electron chi connectivity index (χ3n) is 5.42. The molecule has 0 aromatic heterocycles. The second-order valence-corrected chi connectivity index (χ2v) is 7.48. The highest BCUT2D eigenvalue weighted by molar-refractivity contribution is 5.41. The number of halogens is 3. The molecule has 2 aromatic rings. The maximum absolute atomic E-state index is 14.9. The largest absolute Gasteiger partial charge is 0.494 e. The van der Waals surface area contributed by atoms with Gasteiger partial charge < -0.3 is 14.2 Å². The lowest BCUT2D eigenvalue weighted by Crippen LogP contribution is -2.20. The van der Waals surface area contributed by atoms with Crippen molar-refractivity contribution in [3.63, 3.8) is 0 Å². The van der Waals surface area contributed by atoms with Gasteiger partial charge in [0.1, 0.15) is 17.3 Å². The van der Waals surface area contributed by atoms with Crippen LogP contribution in [0.15, 0.2) is 36.4 Å². The molecule has 2 aromatic carbocycles. The van der Waals surface area contributed by atoms with Crippen LogP contribution in [0, 0.1) is 5.82 Å². The van der Waals surface area contributed by atoms with Crippen LogP contribution in [0.4, 0.5) is 13.2 Å². The summed E-state index contributed by atoms with van der Waals surface area (Å²) in [5.41, 5.74) is 0.652. The zero-order valence-electron chi connectivity index (χ0n) is 17.5. The Morgan fingerprint density at radius 1 is 1.03 bits per heavy atom. The average molecular weight is 422 g/mol. The maximum Gasteiger partial charge on any atom is 0.270 e. The molecule has 1 aliphatic rings. The summed E-state index contributed by atoms with van der Waals surface area (Å²) in [6.45, 7) is 4.99. The van der Waals surface area contributed by atoms with Crippen LogP contribution in [0.25, 0.3) is 0 Å². The van der Waals surface area contributed by atoms with Crippen LogP contribution < -0.4 is 9.47 Å². The summed E-state index contributed by atoms with van der Waals surface area (Å²) in [5.74, 6) is -0.399. The van der Waals surface area contributed by atoms with Crippen LogP contribution in [0.3, 0.4) is 0 Å². The predicted molar refractivity (Wildman–Crippen MR) is 110 cm³/mol. The van der Waals surface area contributed by atoms with E-state index in [1.54, 1.807) is 13.0 Å². The first kappa shape index (κ1) is 22.5. The molecule has 0 amide bonds. The predicted octanol–water partition coefficient (Wildman–Crippen LogP) is 6.98. The molecule has 0 aliphatic carbocycles. The Kier molecular flexibility index (Phi) is 8.02. The van der Waals surface area contributed by atoms with E-state index in [1.807, 2.05) is 24.3 Å². The van der Waals surface area contributed by atoms with Crippen molar-refractivity contribution < 1.29 is 27.4 Å². The van der Waals surface area contributed by atoms with E-state index in [2.05, 4.69) is 6.92 Å². The molecular formula is C24H29F3O3. The normalized spacial score (nSPS) is 19.1. The summed E-state index contributed by atoms with van der Waals surface area (Å²) >= 11 is 0. The Hall–Kier alpha value is -2.21. The second kappa shape index (κ2) is 10.7. The van der Waals surface area contributed by atoms with Gasteiger partial charge in [-0.1, -0.05) is 31.5 Å². The smallest absolute Gasteiger partial charge is 0.270 e. The molecule has 0 N–H and O–H groups in total. The van der Waals surface area contributed by atoms with Crippen LogP contribution in [0.2, 0.25) is 0 Å². The zero-order chi connectivity index (χ0) is 21.5. The van der Waals surface area contributed by atoms with Crippen LogP contribution in [-0.2, 0) is 4.74 Å². The van der Waals surface area contributed by atoms with E-state index in [4.69, 9.17) is 14.2 Å². The van der Waals surface area contributed by atoms with Gasteiger partial charge in [0.15, 0.2) is 0 Å². The van der Waals surface area contributed by atoms with Crippen LogP contribution in [-0.4, -0.2) is 19.8 Å². The van der Waals surface area contributed by atoms with Gasteiger partial charge in [-0.05, 0) is 55.5 Å². The van der Waals surface area contributed by atoms with Crippen molar-refractivity contribution in [1.82, 2.24) is 0 Å². The SMILES string of the molecule is CCCCOc1ccc(C2CCC(c3ccc(OCC)c(C(F)F)c3F)CO2)cc1. The van der Waals surface area contributed by atoms with Crippen LogP contribution >= 0.6 is 0 Å². The highest BCUT2D eigenvalue weighted by Gasteiger charge is 2.30. The molecule has 3 nitrogen and oxygen atoms in total. The molecule has 1 aliphatic heterocycles. The molecule has 3 rings (SSSR count). The van der Waals surface area contributed by atoms with E-state index in [-0.39, 0.29) is 36.5 Å². The third-order valence-corrected chi connectivity index (χ3v) is 5.42. The van der Waals surface area contributed by atoms with Crippen molar-refractivity contribution in [1.29, 1.82) is 0 Å². The summed E-state index contributed by atoms with van der Waals surface area (Å²) in [7, 11) is 0. The first-order chi connectivity index (χ1) is 14.5. The van der Waals surface area contributed by atoms with E-state index in [0.717, 1.165) is 24.2 Å². The third kappa shape index (κ3) is 5.28. The minimum atomic E-state index is -2.93. The Labute approximate surface area is 176 Å². The van der Waals surface area contributed by atoms with Crippen LogP contribution in [0.5, 0.6) is 11.5 Å². The van der Waals surface area contributed by atoms with Crippen molar-refractivity contribution in [3.8, 4) is 11.5 Å². The highest BCUT2D eigenvalue weighted by Crippen LogP contribution is 2.40. The molecule has 2 unspecified atom stereocenters. The van der Waals surface area contributed by atoms with E-state index >= 15 is 0 Å². The zero-order valence-corrected chi connectivity index (χ0v) is 17.5. The Balaban J connectivity index is 1.65. The molecule has 1 saturated heterocycles. The molecule has 1 heterocycles. The lowest BCUT2D eigenvalue weighted by molar-refractivity contribution is 0.00154. The fraction of sp³-hybridized carbons (Fsp3) is 0.500. The fourth-order valence-corrected chi connectivity index (χ4v) is 3.76. The molecule has 2 atom stereocenters. The summed E-state index contributed by atoms with van der Waals surface area (Å²) in [4.78, 5) is 0. The maximum atomic E-state index is 14.9. The first-order valence-corrected chi connectivity index (χ1v) is 10.6. The number of rotatable bonds is 9. The molecule has 0 spiro atoms. The monoisotopic (exact) mass is 422 g/mol. The molecular weight excluding hydrogens is 393 g/mol. The van der Waals surface area contributed by atoms with Gasteiger partial charge in [-0.2, -0.15) is 0 Å². The first-order valence-electron chi connectivity index (χ1n) is 10.6. The standard InChI is InChI=1S/C24H29F3O3/c1-3-5-14-29-18-9-6-16(7-10-18)20-12-8-17(15-30-20)19-11-13-21(28-4-2)22(23(19)25)24(26)27/h6-7,9-11,13,17,20,24H,3-5,8,12,14-15H2,1-2H3. The van der Waals surface area contributed by atoms with Crippen molar-refractivity contribution in [2.75, 3.05) is 19.8 Å². The molecule has 164 valence electrons. The van der Waals surface area contributed by atoms with Gasteiger partial charge in [0, 0.05) is 5.92 Å². The Morgan fingerprint density at radius 2 is 1.80 bits per heavy atom. The molecule has 0 saturated carbocycles. The number of alkyl halides is 2. The Morgan fingerprint density at radius 3 is 2.40 bits per heavy atom. The van der Waals surface area contributed by atoms with Crippen molar-refractivity contribution in [3.05, 3.63) is 58.9 Å². The van der Waals surface area contributed by atoms with Gasteiger partial charge >= 0.3 is 0 Å². The van der Waals surface area contributed by atoms with Gasteiger partial charge in [0.2, 0.25) is 0 Å². The lowest BCUT2D eigenvalue weighted by atomic mass is 9.88. The quantitative estimate of drug-likeness (QED) is 0.408. The average Bonchev–Trinajstić information content (AvgIpc) is 2.75. The van der Waals surface area contributed by atoms with Crippen molar-refractivity contribution in [2.45, 2.75) is 58.0 Å². The minimum Gasteiger partial charge on any atom is -0.494 e. The lowest BCUT2D eigenvalue weighted by Gasteiger charge is -2.30. The van der Waals surface area contributed by atoms with Gasteiger partial charge in [-0.25, -0.2) is 13.2 Å². The van der Waals surface area contributed by atoms with Gasteiger partial charge in [0.05, 0.1) is 31.5 Å². The number of benzene rings is 2. The summed E-state index contributed by atoms with van der Waals surface area (Å²) in [5, 5.41) is 0. The van der Waals surface area contributed by atoms with Gasteiger partial charge in [-0.3, -0.25) is 0 Å². The summed E-state index contributed by atoms with van der Waals surface area (Å²) in [6, 6.07) is 10.8. The van der Waals surface area contributed by atoms with Crippen molar-refractivity contribution >= 4 is 0 Å². The summed E-state index contributed by atoms with van der Waals surface area (Å²) < 4.78 is 58.5. The van der Waals surface area contributed by atoms with E-state index in [9.17, 15) is 13.2 Å². The highest BCUT2D eigenvalue weighted by atomic mass is 19.3. The van der Waals surface area contributed by atoms with Gasteiger partial charge in [-0.15, -0.1) is 0 Å². The number of hydrogen-bond acceptors (Lipinski definition) is 3.